The van der Waals surface area contributed by atoms with E-state index in [4.69, 9.17) is 10.00 Å². The van der Waals surface area contributed by atoms with E-state index >= 15 is 0 Å². The quantitative estimate of drug-likeness (QED) is 0.760. The van der Waals surface area contributed by atoms with E-state index in [0.717, 1.165) is 12.1 Å². The highest BCUT2D eigenvalue weighted by molar-refractivity contribution is 7.99. The van der Waals surface area contributed by atoms with Gasteiger partial charge in [-0.15, -0.1) is 0 Å². The van der Waals surface area contributed by atoms with Crippen LogP contribution in [-0.4, -0.2) is 35.9 Å². The van der Waals surface area contributed by atoms with Crippen LogP contribution in [0.5, 0.6) is 5.75 Å². The van der Waals surface area contributed by atoms with E-state index in [0.29, 0.717) is 5.75 Å². The molecule has 0 radical (unpaired) electrons. The normalized spacial score (nSPS) is 13.6. The van der Waals surface area contributed by atoms with Crippen molar-refractivity contribution in [1.29, 1.82) is 5.26 Å². The predicted octanol–water partition coefficient (Wildman–Crippen LogP) is 1.79. The molecule has 1 rings (SSSR count). The zero-order chi connectivity index (χ0) is 14.1. The maximum atomic E-state index is 9.21. The van der Waals surface area contributed by atoms with Crippen LogP contribution >= 0.6 is 11.8 Å². The molecule has 0 heterocycles. The summed E-state index contributed by atoms with van der Waals surface area (Å²) < 4.78 is 5.19. The first-order valence-electron chi connectivity index (χ1n) is 6.17. The Labute approximate surface area is 118 Å². The minimum absolute atomic E-state index is 0.0700. The fraction of sp³-hybridized carbons (Fsp3) is 0.500. The molecule has 1 aromatic rings. The molecule has 5 heteroatoms. The van der Waals surface area contributed by atoms with Gasteiger partial charge >= 0.3 is 0 Å². The van der Waals surface area contributed by atoms with Gasteiger partial charge in [-0.3, -0.25) is 0 Å². The molecular formula is C14H20N2O2S. The third-order valence-corrected chi connectivity index (χ3v) is 4.06. The number of aliphatic hydroxyl groups excluding tert-OH is 1. The van der Waals surface area contributed by atoms with Crippen molar-refractivity contribution in [3.8, 4) is 11.8 Å². The fourth-order valence-electron chi connectivity index (χ4n) is 1.67. The lowest BCUT2D eigenvalue weighted by molar-refractivity contribution is 0.276. The average Bonchev–Trinajstić information content (AvgIpc) is 2.45. The first-order valence-corrected chi connectivity index (χ1v) is 7.45. The molecule has 2 N–H and O–H groups in total. The van der Waals surface area contributed by atoms with Crippen LogP contribution in [0.4, 0.5) is 0 Å². The maximum absolute atomic E-state index is 9.21. The second-order valence-electron chi connectivity index (χ2n) is 4.22. The molecule has 0 fully saturated rings. The summed E-state index contributed by atoms with van der Waals surface area (Å²) in [6, 6.07) is 9.84. The average molecular weight is 280 g/mol. The van der Waals surface area contributed by atoms with Crippen molar-refractivity contribution >= 4 is 11.8 Å². The second kappa shape index (κ2) is 8.81. The fourth-order valence-corrected chi connectivity index (χ4v) is 2.32. The topological polar surface area (TPSA) is 65.3 Å². The van der Waals surface area contributed by atoms with Gasteiger partial charge in [0, 0.05) is 17.8 Å². The van der Waals surface area contributed by atoms with Gasteiger partial charge in [0.05, 0.1) is 6.61 Å². The van der Waals surface area contributed by atoms with Gasteiger partial charge in [0.25, 0.3) is 0 Å². The Morgan fingerprint density at radius 2 is 2.11 bits per heavy atom. The van der Waals surface area contributed by atoms with E-state index < -0.39 is 0 Å². The van der Waals surface area contributed by atoms with E-state index in [1.54, 1.807) is 11.8 Å². The Balaban J connectivity index is 2.43. The van der Waals surface area contributed by atoms with Crippen molar-refractivity contribution < 1.29 is 9.84 Å². The molecule has 19 heavy (non-hydrogen) atoms. The van der Waals surface area contributed by atoms with Crippen molar-refractivity contribution in [2.45, 2.75) is 24.8 Å². The molecule has 2 unspecified atom stereocenters. The highest BCUT2D eigenvalue weighted by Crippen LogP contribution is 2.14. The van der Waals surface area contributed by atoms with E-state index in [2.05, 4.69) is 12.2 Å². The first kappa shape index (κ1) is 15.8. The molecule has 104 valence electrons. The molecule has 0 aliphatic rings. The van der Waals surface area contributed by atoms with Gasteiger partial charge in [-0.1, -0.05) is 12.1 Å². The van der Waals surface area contributed by atoms with Gasteiger partial charge in [-0.05, 0) is 30.9 Å². The minimum Gasteiger partial charge on any atom is -0.479 e. The molecule has 0 saturated heterocycles. The zero-order valence-electron chi connectivity index (χ0n) is 11.3. The van der Waals surface area contributed by atoms with Gasteiger partial charge < -0.3 is 15.2 Å². The highest BCUT2D eigenvalue weighted by atomic mass is 32.2. The second-order valence-corrected chi connectivity index (χ2v) is 5.29. The van der Waals surface area contributed by atoms with Crippen LogP contribution in [0.3, 0.4) is 0 Å². The zero-order valence-corrected chi connectivity index (χ0v) is 12.1. The summed E-state index contributed by atoms with van der Waals surface area (Å²) in [6.45, 7) is 3.06. The molecular weight excluding hydrogens is 260 g/mol. The molecule has 0 aliphatic heterocycles. The number of nitriles is 1. The Morgan fingerprint density at radius 1 is 1.42 bits per heavy atom. The summed E-state index contributed by atoms with van der Waals surface area (Å²) in [6.07, 6.45) is 2.00. The van der Waals surface area contributed by atoms with E-state index in [1.807, 2.05) is 36.6 Å². The monoisotopic (exact) mass is 280 g/mol. The van der Waals surface area contributed by atoms with E-state index in [9.17, 15) is 5.11 Å². The van der Waals surface area contributed by atoms with Crippen LogP contribution < -0.4 is 10.1 Å². The van der Waals surface area contributed by atoms with Crippen LogP contribution in [0.25, 0.3) is 0 Å². The summed E-state index contributed by atoms with van der Waals surface area (Å²) in [4.78, 5) is 0. The molecule has 0 aliphatic carbocycles. The third-order valence-electron chi connectivity index (χ3n) is 2.90. The number of rotatable bonds is 8. The molecule has 0 aromatic heterocycles. The number of benzene rings is 1. The summed E-state index contributed by atoms with van der Waals surface area (Å²) in [7, 11) is 0. The number of hydrogen-bond acceptors (Lipinski definition) is 5. The summed E-state index contributed by atoms with van der Waals surface area (Å²) in [5.74, 6) is 0.704. The first-order chi connectivity index (χ1) is 9.21. The van der Waals surface area contributed by atoms with Crippen LogP contribution in [0.2, 0.25) is 0 Å². The number of hydrogen-bond donors (Lipinski definition) is 2. The van der Waals surface area contributed by atoms with Gasteiger partial charge in [0.1, 0.15) is 11.8 Å². The maximum Gasteiger partial charge on any atom is 0.174 e. The van der Waals surface area contributed by atoms with Crippen molar-refractivity contribution in [1.82, 2.24) is 5.32 Å². The lowest BCUT2D eigenvalue weighted by atomic mass is 10.2. The molecule has 0 saturated carbocycles. The van der Waals surface area contributed by atoms with Crippen LogP contribution in [-0.2, 0) is 6.54 Å². The molecule has 2 atom stereocenters. The Morgan fingerprint density at radius 3 is 2.63 bits per heavy atom. The largest absolute Gasteiger partial charge is 0.479 e. The molecule has 0 bridgehead atoms. The van der Waals surface area contributed by atoms with Gasteiger partial charge in [0.15, 0.2) is 6.61 Å². The van der Waals surface area contributed by atoms with Crippen LogP contribution in [0.15, 0.2) is 24.3 Å². The summed E-state index contributed by atoms with van der Waals surface area (Å²) in [5.41, 5.74) is 1.15. The summed E-state index contributed by atoms with van der Waals surface area (Å²) >= 11 is 1.66. The van der Waals surface area contributed by atoms with Crippen molar-refractivity contribution in [3.63, 3.8) is 0 Å². The number of thioether (sulfide) groups is 1. The molecule has 0 spiro atoms. The lowest BCUT2D eigenvalue weighted by Gasteiger charge is -2.21. The number of nitrogens with zero attached hydrogens (tertiary/aromatic N) is 1. The highest BCUT2D eigenvalue weighted by Gasteiger charge is 2.14. The van der Waals surface area contributed by atoms with Crippen LogP contribution in [0.1, 0.15) is 12.5 Å². The number of nitrogens with one attached hydrogen (secondary N) is 1. The molecule has 1 aromatic carbocycles. The number of aliphatic hydroxyl groups is 1. The lowest BCUT2D eigenvalue weighted by Crippen LogP contribution is -2.37. The van der Waals surface area contributed by atoms with Crippen molar-refractivity contribution in [2.24, 2.45) is 0 Å². The van der Waals surface area contributed by atoms with Crippen molar-refractivity contribution in [2.75, 3.05) is 19.5 Å². The standard InChI is InChI=1S/C14H20N2O2S/c1-11(14(10-17)19-2)16-9-12-3-5-13(6-4-12)18-8-7-15/h3-6,11,14,16-17H,8-10H2,1-2H3. The Bertz CT molecular complexity index is 399. The third kappa shape index (κ3) is 5.52. The van der Waals surface area contributed by atoms with Gasteiger partial charge in [0.2, 0.25) is 0 Å². The predicted molar refractivity (Wildman–Crippen MR) is 78.2 cm³/mol. The SMILES string of the molecule is CSC(CO)C(C)NCc1ccc(OCC#N)cc1. The Kier molecular flexibility index (Phi) is 7.34. The minimum atomic E-state index is 0.0700. The van der Waals surface area contributed by atoms with E-state index in [-0.39, 0.29) is 24.5 Å². The summed E-state index contributed by atoms with van der Waals surface area (Å²) in [5, 5.41) is 21.2. The number of ether oxygens (including phenoxy) is 1. The van der Waals surface area contributed by atoms with Crippen LogP contribution in [0, 0.1) is 11.3 Å². The molecule has 4 nitrogen and oxygen atoms in total. The van der Waals surface area contributed by atoms with Gasteiger partial charge in [-0.2, -0.15) is 17.0 Å². The van der Waals surface area contributed by atoms with Gasteiger partial charge in [-0.25, -0.2) is 0 Å². The van der Waals surface area contributed by atoms with E-state index in [1.165, 1.54) is 0 Å². The van der Waals surface area contributed by atoms with Crippen molar-refractivity contribution in [3.05, 3.63) is 29.8 Å². The smallest absolute Gasteiger partial charge is 0.174 e. The molecule has 0 amide bonds. The Hall–Kier alpha value is -1.22.